The predicted molar refractivity (Wildman–Crippen MR) is 131 cm³/mol. The zero-order chi connectivity index (χ0) is 24.5. The van der Waals surface area contributed by atoms with Gasteiger partial charge in [-0.15, -0.1) is 0 Å². The number of aryl methyl sites for hydroxylation is 1. The molecule has 4 rings (SSSR count). The van der Waals surface area contributed by atoms with E-state index in [1.807, 2.05) is 52.0 Å². The van der Waals surface area contributed by atoms with E-state index in [0.29, 0.717) is 36.6 Å². The summed E-state index contributed by atoms with van der Waals surface area (Å²) >= 11 is 0. The van der Waals surface area contributed by atoms with Crippen molar-refractivity contribution in [2.24, 2.45) is 0 Å². The number of morpholine rings is 1. The number of amides is 2. The molecule has 2 aliphatic rings. The molecule has 2 aromatic rings. The molecule has 0 spiro atoms. The second kappa shape index (κ2) is 9.72. The molecule has 1 aromatic carbocycles. The maximum absolute atomic E-state index is 13.6. The number of carbonyl (C=O) groups is 2. The summed E-state index contributed by atoms with van der Waals surface area (Å²) < 4.78 is 5.60. The van der Waals surface area contributed by atoms with Crippen molar-refractivity contribution >= 4 is 17.6 Å². The molecular weight excluding hydrogens is 432 g/mol. The van der Waals surface area contributed by atoms with Crippen LogP contribution in [0.3, 0.4) is 0 Å². The number of hydrogen-bond donors (Lipinski definition) is 3. The zero-order valence-corrected chi connectivity index (χ0v) is 20.4. The Bertz CT molecular complexity index is 1080. The molecule has 1 atom stereocenters. The minimum absolute atomic E-state index is 0.0389. The third-order valence-corrected chi connectivity index (χ3v) is 6.22. The number of pyridine rings is 1. The molecule has 1 saturated carbocycles. The highest BCUT2D eigenvalue weighted by Crippen LogP contribution is 2.30. The van der Waals surface area contributed by atoms with E-state index in [1.54, 1.807) is 11.1 Å². The van der Waals surface area contributed by atoms with Crippen LogP contribution in [0.2, 0.25) is 0 Å². The Hall–Kier alpha value is -2.97. The highest BCUT2D eigenvalue weighted by atomic mass is 16.5. The Morgan fingerprint density at radius 1 is 1.26 bits per heavy atom. The normalized spacial score (nSPS) is 18.5. The van der Waals surface area contributed by atoms with Crippen LogP contribution in [-0.2, 0) is 4.74 Å². The monoisotopic (exact) mass is 466 g/mol. The quantitative estimate of drug-likeness (QED) is 0.580. The topological polar surface area (TPSA) is 104 Å². The van der Waals surface area contributed by atoms with E-state index in [0.717, 1.165) is 29.5 Å². The molecular formula is C26H34N4O4. The number of nitrogens with one attached hydrogen (secondary N) is 2. The first-order chi connectivity index (χ1) is 16.2. The van der Waals surface area contributed by atoms with Gasteiger partial charge < -0.3 is 25.4 Å². The zero-order valence-electron chi connectivity index (χ0n) is 20.4. The first-order valence-electron chi connectivity index (χ1n) is 11.9. The Balaban J connectivity index is 1.72. The highest BCUT2D eigenvalue weighted by molar-refractivity contribution is 6.01. The lowest BCUT2D eigenvalue weighted by molar-refractivity contribution is -0.0124. The van der Waals surface area contributed by atoms with Crippen molar-refractivity contribution < 1.29 is 19.4 Å². The summed E-state index contributed by atoms with van der Waals surface area (Å²) in [5.41, 5.74) is 2.97. The maximum Gasteiger partial charge on any atom is 0.257 e. The summed E-state index contributed by atoms with van der Waals surface area (Å²) in [6, 6.07) is 7.71. The van der Waals surface area contributed by atoms with Crippen LogP contribution in [0.4, 0.5) is 5.82 Å². The number of aliphatic hydroxyl groups excluding tert-OH is 1. The molecule has 8 nitrogen and oxygen atoms in total. The molecule has 1 aliphatic heterocycles. The van der Waals surface area contributed by atoms with E-state index in [-0.39, 0.29) is 30.6 Å². The molecule has 1 saturated heterocycles. The van der Waals surface area contributed by atoms with Crippen LogP contribution in [0.15, 0.2) is 30.5 Å². The Morgan fingerprint density at radius 2 is 2.03 bits per heavy atom. The van der Waals surface area contributed by atoms with Crippen LogP contribution in [0, 0.1) is 6.92 Å². The number of aliphatic hydroxyl groups is 1. The van der Waals surface area contributed by atoms with Gasteiger partial charge in [-0.3, -0.25) is 9.59 Å². The second-order valence-electron chi connectivity index (χ2n) is 10.00. The third kappa shape index (κ3) is 5.56. The summed E-state index contributed by atoms with van der Waals surface area (Å²) in [7, 11) is 0. The van der Waals surface area contributed by atoms with E-state index in [4.69, 9.17) is 4.74 Å². The van der Waals surface area contributed by atoms with Crippen molar-refractivity contribution in [3.8, 4) is 11.1 Å². The summed E-state index contributed by atoms with van der Waals surface area (Å²) in [5.74, 6) is 0.201. The summed E-state index contributed by atoms with van der Waals surface area (Å²) in [6.07, 6.45) is 3.72. The Labute approximate surface area is 200 Å². The standard InChI is InChI=1S/C26H34N4O4/c1-16-5-6-18(24(32)28-20-7-8-20)11-21(16)19-12-22(23(27-13-19)29-26(3,4)15-31)25(33)30-9-10-34-17(2)14-30/h5-6,11-13,17,20,31H,7-10,14-15H2,1-4H3,(H,27,29)(H,28,32). The number of ether oxygens (including phenoxy) is 1. The van der Waals surface area contributed by atoms with E-state index in [1.165, 1.54) is 0 Å². The number of nitrogens with zero attached hydrogens (tertiary/aromatic N) is 2. The van der Waals surface area contributed by atoms with Crippen LogP contribution in [0.1, 0.15) is 59.9 Å². The molecule has 0 bridgehead atoms. The maximum atomic E-state index is 13.6. The van der Waals surface area contributed by atoms with Gasteiger partial charge in [0.2, 0.25) is 0 Å². The fourth-order valence-electron chi connectivity index (χ4n) is 3.98. The van der Waals surface area contributed by atoms with E-state index in [2.05, 4.69) is 15.6 Å². The molecule has 34 heavy (non-hydrogen) atoms. The van der Waals surface area contributed by atoms with Crippen LogP contribution >= 0.6 is 0 Å². The van der Waals surface area contributed by atoms with Gasteiger partial charge in [-0.2, -0.15) is 0 Å². The summed E-state index contributed by atoms with van der Waals surface area (Å²) in [4.78, 5) is 32.6. The van der Waals surface area contributed by atoms with Crippen molar-refractivity contribution in [2.45, 2.75) is 58.2 Å². The van der Waals surface area contributed by atoms with Crippen LogP contribution in [0.25, 0.3) is 11.1 Å². The van der Waals surface area contributed by atoms with Crippen LogP contribution in [0.5, 0.6) is 0 Å². The molecule has 1 aliphatic carbocycles. The van der Waals surface area contributed by atoms with Crippen molar-refractivity contribution in [3.05, 3.63) is 47.2 Å². The number of aromatic nitrogens is 1. The number of benzene rings is 1. The molecule has 0 radical (unpaired) electrons. The van der Waals surface area contributed by atoms with Gasteiger partial charge >= 0.3 is 0 Å². The lowest BCUT2D eigenvalue weighted by Crippen LogP contribution is -2.45. The van der Waals surface area contributed by atoms with Gasteiger partial charge in [0, 0.05) is 36.5 Å². The van der Waals surface area contributed by atoms with Crippen molar-refractivity contribution in [2.75, 3.05) is 31.6 Å². The molecule has 3 N–H and O–H groups in total. The van der Waals surface area contributed by atoms with Crippen molar-refractivity contribution in [3.63, 3.8) is 0 Å². The van der Waals surface area contributed by atoms with Crippen molar-refractivity contribution in [1.29, 1.82) is 0 Å². The highest BCUT2D eigenvalue weighted by Gasteiger charge is 2.28. The largest absolute Gasteiger partial charge is 0.394 e. The minimum atomic E-state index is -0.654. The fourth-order valence-corrected chi connectivity index (χ4v) is 3.98. The minimum Gasteiger partial charge on any atom is -0.394 e. The number of rotatable bonds is 7. The lowest BCUT2D eigenvalue weighted by Gasteiger charge is -2.32. The average Bonchev–Trinajstić information content (AvgIpc) is 3.63. The molecule has 182 valence electrons. The van der Waals surface area contributed by atoms with Crippen LogP contribution in [-0.4, -0.2) is 70.8 Å². The van der Waals surface area contributed by atoms with Gasteiger partial charge in [0.05, 0.1) is 30.4 Å². The van der Waals surface area contributed by atoms with Gasteiger partial charge in [0.15, 0.2) is 0 Å². The first kappa shape index (κ1) is 24.2. The van der Waals surface area contributed by atoms with E-state index >= 15 is 0 Å². The third-order valence-electron chi connectivity index (χ3n) is 6.22. The number of hydrogen-bond acceptors (Lipinski definition) is 6. The molecule has 2 amide bonds. The van der Waals surface area contributed by atoms with Gasteiger partial charge in [0.25, 0.3) is 11.8 Å². The molecule has 2 fully saturated rings. The van der Waals surface area contributed by atoms with Crippen LogP contribution < -0.4 is 10.6 Å². The van der Waals surface area contributed by atoms with E-state index < -0.39 is 5.54 Å². The molecule has 2 heterocycles. The average molecular weight is 467 g/mol. The van der Waals surface area contributed by atoms with Gasteiger partial charge in [-0.05, 0) is 69.9 Å². The van der Waals surface area contributed by atoms with Crippen molar-refractivity contribution in [1.82, 2.24) is 15.2 Å². The first-order valence-corrected chi connectivity index (χ1v) is 11.9. The molecule has 1 aromatic heterocycles. The fraction of sp³-hybridized carbons (Fsp3) is 0.500. The molecule has 1 unspecified atom stereocenters. The summed E-state index contributed by atoms with van der Waals surface area (Å²) in [5, 5.41) is 16.0. The number of anilines is 1. The van der Waals surface area contributed by atoms with Gasteiger partial charge in [0.1, 0.15) is 5.82 Å². The smallest absolute Gasteiger partial charge is 0.257 e. The van der Waals surface area contributed by atoms with Gasteiger partial charge in [-0.1, -0.05) is 6.07 Å². The SMILES string of the molecule is Cc1ccc(C(=O)NC2CC2)cc1-c1cnc(NC(C)(C)CO)c(C(=O)N2CCOC(C)C2)c1. The molecule has 8 heteroatoms. The van der Waals surface area contributed by atoms with Gasteiger partial charge in [-0.25, -0.2) is 4.98 Å². The summed E-state index contributed by atoms with van der Waals surface area (Å²) in [6.45, 7) is 9.00. The number of carbonyl (C=O) groups excluding carboxylic acids is 2. The Morgan fingerprint density at radius 3 is 2.71 bits per heavy atom. The Kier molecular flexibility index (Phi) is 6.91. The van der Waals surface area contributed by atoms with E-state index in [9.17, 15) is 14.7 Å². The lowest BCUT2D eigenvalue weighted by atomic mass is 9.97. The predicted octanol–water partition coefficient (Wildman–Crippen LogP) is 2.99. The second-order valence-corrected chi connectivity index (χ2v) is 10.00.